The van der Waals surface area contributed by atoms with Gasteiger partial charge in [0.1, 0.15) is 5.75 Å². The van der Waals surface area contributed by atoms with Crippen LogP contribution >= 0.6 is 0 Å². The molecule has 2 aromatic carbocycles. The standard InChI is InChI=1S/C24H28N2O3/c1-16-8-7-9-17(2)23(16)28-15-22-25-26(18(3)27)24(4,29-22)21-13-12-19-10-5-6-11-20(19)14-21/h7-9,12-14H,5-6,10-11,15H2,1-4H3/t24-/m1/s1. The van der Waals surface area contributed by atoms with Gasteiger partial charge < -0.3 is 9.47 Å². The molecule has 0 bridgehead atoms. The van der Waals surface area contributed by atoms with Crippen LogP contribution in [0.3, 0.4) is 0 Å². The second-order valence-corrected chi connectivity index (χ2v) is 8.11. The normalized spacial score (nSPS) is 20.7. The molecular formula is C24H28N2O3. The van der Waals surface area contributed by atoms with Crippen LogP contribution in [0.2, 0.25) is 0 Å². The van der Waals surface area contributed by atoms with Crippen molar-refractivity contribution in [3.05, 3.63) is 64.2 Å². The summed E-state index contributed by atoms with van der Waals surface area (Å²) in [4.78, 5) is 12.3. The summed E-state index contributed by atoms with van der Waals surface area (Å²) in [6.45, 7) is 7.61. The number of hydrogen-bond acceptors (Lipinski definition) is 4. The van der Waals surface area contributed by atoms with E-state index in [1.807, 2.05) is 39.0 Å². The van der Waals surface area contributed by atoms with Crippen molar-refractivity contribution in [1.82, 2.24) is 5.01 Å². The number of ether oxygens (including phenoxy) is 2. The first kappa shape index (κ1) is 19.5. The fourth-order valence-corrected chi connectivity index (χ4v) is 4.29. The highest BCUT2D eigenvalue weighted by Crippen LogP contribution is 2.37. The van der Waals surface area contributed by atoms with Gasteiger partial charge in [-0.3, -0.25) is 4.79 Å². The van der Waals surface area contributed by atoms with E-state index < -0.39 is 5.72 Å². The van der Waals surface area contributed by atoms with Gasteiger partial charge in [-0.05, 0) is 67.9 Å². The van der Waals surface area contributed by atoms with Crippen LogP contribution in [0.5, 0.6) is 5.75 Å². The monoisotopic (exact) mass is 392 g/mol. The highest BCUT2D eigenvalue weighted by molar-refractivity contribution is 5.84. The van der Waals surface area contributed by atoms with Gasteiger partial charge in [0.2, 0.25) is 17.5 Å². The van der Waals surface area contributed by atoms with Gasteiger partial charge in [-0.2, -0.15) is 5.01 Å². The summed E-state index contributed by atoms with van der Waals surface area (Å²) in [5, 5.41) is 5.89. The molecule has 1 amide bonds. The summed E-state index contributed by atoms with van der Waals surface area (Å²) >= 11 is 0. The number of rotatable bonds is 4. The van der Waals surface area contributed by atoms with Crippen LogP contribution in [0.1, 0.15) is 54.5 Å². The molecule has 152 valence electrons. The van der Waals surface area contributed by atoms with Gasteiger partial charge in [-0.25, -0.2) is 0 Å². The zero-order valence-electron chi connectivity index (χ0n) is 17.6. The van der Waals surface area contributed by atoms with Crippen molar-refractivity contribution in [1.29, 1.82) is 0 Å². The van der Waals surface area contributed by atoms with Crippen LogP contribution in [0.25, 0.3) is 0 Å². The molecule has 0 N–H and O–H groups in total. The number of amides is 1. The number of nitrogens with zero attached hydrogens (tertiary/aromatic N) is 2. The van der Waals surface area contributed by atoms with Crippen molar-refractivity contribution in [3.63, 3.8) is 0 Å². The van der Waals surface area contributed by atoms with Gasteiger partial charge in [-0.15, -0.1) is 5.10 Å². The Hall–Kier alpha value is -2.82. The molecule has 0 saturated heterocycles. The maximum atomic E-state index is 12.3. The predicted octanol–water partition coefficient (Wildman–Crippen LogP) is 4.63. The molecule has 0 saturated carbocycles. The molecular weight excluding hydrogens is 364 g/mol. The second-order valence-electron chi connectivity index (χ2n) is 8.11. The third kappa shape index (κ3) is 3.61. The van der Waals surface area contributed by atoms with E-state index in [0.717, 1.165) is 35.3 Å². The summed E-state index contributed by atoms with van der Waals surface area (Å²) in [6.07, 6.45) is 4.64. The smallest absolute Gasteiger partial charge is 0.247 e. The first-order chi connectivity index (χ1) is 13.9. The molecule has 2 aliphatic rings. The number of benzene rings is 2. The van der Waals surface area contributed by atoms with E-state index in [0.29, 0.717) is 5.90 Å². The highest BCUT2D eigenvalue weighted by Gasteiger charge is 2.45. The minimum atomic E-state index is -0.961. The zero-order valence-corrected chi connectivity index (χ0v) is 17.6. The quantitative estimate of drug-likeness (QED) is 0.762. The maximum Gasteiger partial charge on any atom is 0.247 e. The number of carbonyl (C=O) groups excluding carboxylic acids is 1. The fourth-order valence-electron chi connectivity index (χ4n) is 4.29. The Labute approximate surface area is 172 Å². The average molecular weight is 392 g/mol. The van der Waals surface area contributed by atoms with Crippen molar-refractivity contribution < 1.29 is 14.3 Å². The molecule has 4 rings (SSSR count). The topological polar surface area (TPSA) is 51.1 Å². The zero-order chi connectivity index (χ0) is 20.6. The van der Waals surface area contributed by atoms with Gasteiger partial charge in [0.25, 0.3) is 0 Å². The Morgan fingerprint density at radius 1 is 1.14 bits per heavy atom. The van der Waals surface area contributed by atoms with Crippen LogP contribution in [0.4, 0.5) is 0 Å². The number of aryl methyl sites for hydroxylation is 4. The minimum Gasteiger partial charge on any atom is -0.483 e. The van der Waals surface area contributed by atoms with E-state index in [-0.39, 0.29) is 12.5 Å². The lowest BCUT2D eigenvalue weighted by molar-refractivity contribution is -0.146. The van der Waals surface area contributed by atoms with E-state index in [2.05, 4.69) is 23.3 Å². The lowest BCUT2D eigenvalue weighted by Gasteiger charge is -2.32. The van der Waals surface area contributed by atoms with Gasteiger partial charge in [0.15, 0.2) is 6.61 Å². The number of para-hydroxylation sites is 1. The number of fused-ring (bicyclic) bond motifs is 1. The van der Waals surface area contributed by atoms with Crippen molar-refractivity contribution in [3.8, 4) is 5.75 Å². The maximum absolute atomic E-state index is 12.3. The molecule has 29 heavy (non-hydrogen) atoms. The summed E-state index contributed by atoms with van der Waals surface area (Å²) in [5.74, 6) is 1.07. The van der Waals surface area contributed by atoms with Crippen molar-refractivity contribution in [2.24, 2.45) is 5.10 Å². The molecule has 2 aromatic rings. The molecule has 0 spiro atoms. The Bertz CT molecular complexity index is 962. The molecule has 0 radical (unpaired) electrons. The Kier molecular flexibility index (Phi) is 5.07. The first-order valence-electron chi connectivity index (χ1n) is 10.3. The van der Waals surface area contributed by atoms with E-state index in [1.54, 1.807) is 0 Å². The molecule has 1 atom stereocenters. The van der Waals surface area contributed by atoms with Crippen LogP contribution in [-0.4, -0.2) is 23.4 Å². The lowest BCUT2D eigenvalue weighted by atomic mass is 9.88. The van der Waals surface area contributed by atoms with E-state index >= 15 is 0 Å². The molecule has 1 aliphatic carbocycles. The third-order valence-electron chi connectivity index (χ3n) is 5.86. The molecule has 0 unspecified atom stereocenters. The van der Waals surface area contributed by atoms with Crippen molar-refractivity contribution in [2.45, 2.75) is 59.1 Å². The lowest BCUT2D eigenvalue weighted by Crippen LogP contribution is -2.41. The van der Waals surface area contributed by atoms with Gasteiger partial charge in [0, 0.05) is 19.4 Å². The SMILES string of the molecule is CC(=O)N1N=C(COc2c(C)cccc2C)O[C@]1(C)c1ccc2c(c1)CCCC2. The summed E-state index contributed by atoms with van der Waals surface area (Å²) in [6, 6.07) is 12.4. The Balaban J connectivity index is 1.58. The Morgan fingerprint density at radius 2 is 1.83 bits per heavy atom. The van der Waals surface area contributed by atoms with Crippen LogP contribution in [0, 0.1) is 13.8 Å². The number of carbonyl (C=O) groups is 1. The molecule has 1 aliphatic heterocycles. The Morgan fingerprint density at radius 3 is 2.52 bits per heavy atom. The number of hydrogen-bond donors (Lipinski definition) is 0. The van der Waals surface area contributed by atoms with Crippen molar-refractivity contribution >= 4 is 11.8 Å². The van der Waals surface area contributed by atoms with Gasteiger partial charge in [0.05, 0.1) is 0 Å². The minimum absolute atomic E-state index is 0.160. The third-order valence-corrected chi connectivity index (χ3v) is 5.86. The first-order valence-corrected chi connectivity index (χ1v) is 10.3. The average Bonchev–Trinajstić information content (AvgIpc) is 3.05. The van der Waals surface area contributed by atoms with Gasteiger partial charge >= 0.3 is 0 Å². The van der Waals surface area contributed by atoms with E-state index in [9.17, 15) is 4.79 Å². The van der Waals surface area contributed by atoms with Crippen LogP contribution < -0.4 is 4.74 Å². The van der Waals surface area contributed by atoms with Crippen LogP contribution in [0.15, 0.2) is 41.5 Å². The summed E-state index contributed by atoms with van der Waals surface area (Å²) in [7, 11) is 0. The summed E-state index contributed by atoms with van der Waals surface area (Å²) < 4.78 is 12.2. The highest BCUT2D eigenvalue weighted by atomic mass is 16.6. The van der Waals surface area contributed by atoms with Crippen LogP contribution in [-0.2, 0) is 28.1 Å². The second kappa shape index (κ2) is 7.54. The van der Waals surface area contributed by atoms with E-state index in [1.165, 1.54) is 35.9 Å². The molecule has 5 nitrogen and oxygen atoms in total. The molecule has 0 fully saturated rings. The molecule has 1 heterocycles. The molecule has 0 aromatic heterocycles. The molecule has 5 heteroatoms. The number of hydrazone groups is 1. The fraction of sp³-hybridized carbons (Fsp3) is 0.417. The summed E-state index contributed by atoms with van der Waals surface area (Å²) in [5.41, 5.74) is 4.85. The van der Waals surface area contributed by atoms with E-state index in [4.69, 9.17) is 9.47 Å². The predicted molar refractivity (Wildman–Crippen MR) is 113 cm³/mol. The largest absolute Gasteiger partial charge is 0.483 e. The van der Waals surface area contributed by atoms with Crippen molar-refractivity contribution in [2.75, 3.05) is 6.61 Å². The van der Waals surface area contributed by atoms with Gasteiger partial charge in [-0.1, -0.05) is 30.3 Å².